The molecule has 0 aliphatic heterocycles. The fraction of sp³-hybridized carbons (Fsp3) is 0.350. The monoisotopic (exact) mass is 328 g/mol. The Kier molecular flexibility index (Phi) is 5.89. The first-order valence-electron chi connectivity index (χ1n) is 7.80. The minimum Gasteiger partial charge on any atom is -0.489 e. The molecule has 0 saturated heterocycles. The molecule has 2 aromatic rings. The van der Waals surface area contributed by atoms with Crippen LogP contribution in [0.25, 0.3) is 0 Å². The van der Waals surface area contributed by atoms with Gasteiger partial charge in [-0.05, 0) is 35.6 Å². The van der Waals surface area contributed by atoms with Crippen LogP contribution < -0.4 is 4.74 Å². The van der Waals surface area contributed by atoms with E-state index in [0.29, 0.717) is 12.4 Å². The van der Waals surface area contributed by atoms with Gasteiger partial charge in [0.25, 0.3) is 0 Å². The summed E-state index contributed by atoms with van der Waals surface area (Å²) < 4.78 is 6.10. The van der Waals surface area contributed by atoms with E-state index in [1.54, 1.807) is 18.7 Å². The van der Waals surface area contributed by atoms with Gasteiger partial charge >= 0.3 is 0 Å². The molecule has 23 heavy (non-hydrogen) atoms. The molecule has 0 fully saturated rings. The number of benzene rings is 2. The standard InChI is InChI=1S/C20H24O2S/c1-15(21)14-23-17-10-11-18(20(2,3)4)19(12-17)22-13-16-8-6-5-7-9-16/h5-12H,13-14H2,1-4H3. The van der Waals surface area contributed by atoms with Gasteiger partial charge in [-0.15, -0.1) is 11.8 Å². The van der Waals surface area contributed by atoms with E-state index in [1.165, 1.54) is 5.56 Å². The summed E-state index contributed by atoms with van der Waals surface area (Å²) in [6, 6.07) is 16.4. The van der Waals surface area contributed by atoms with E-state index in [9.17, 15) is 4.79 Å². The van der Waals surface area contributed by atoms with E-state index in [1.807, 2.05) is 18.2 Å². The highest BCUT2D eigenvalue weighted by molar-refractivity contribution is 8.00. The van der Waals surface area contributed by atoms with Crippen LogP contribution in [0.1, 0.15) is 38.8 Å². The van der Waals surface area contributed by atoms with Crippen LogP contribution in [0.5, 0.6) is 5.75 Å². The SMILES string of the molecule is CC(=O)CSc1ccc(C(C)(C)C)c(OCc2ccccc2)c1. The highest BCUT2D eigenvalue weighted by atomic mass is 32.2. The number of ether oxygens (including phenoxy) is 1. The zero-order valence-electron chi connectivity index (χ0n) is 14.3. The summed E-state index contributed by atoms with van der Waals surface area (Å²) in [6.45, 7) is 8.70. The van der Waals surface area contributed by atoms with E-state index in [4.69, 9.17) is 4.74 Å². The third kappa shape index (κ3) is 5.43. The highest BCUT2D eigenvalue weighted by Crippen LogP contribution is 2.35. The first kappa shape index (κ1) is 17.6. The minimum atomic E-state index is 0.00972. The number of carbonyl (C=O) groups is 1. The number of carbonyl (C=O) groups excluding carboxylic acids is 1. The first-order chi connectivity index (χ1) is 10.9. The zero-order valence-corrected chi connectivity index (χ0v) is 15.1. The molecule has 2 rings (SSSR count). The molecular weight excluding hydrogens is 304 g/mol. The Labute approximate surface area is 143 Å². The smallest absolute Gasteiger partial charge is 0.140 e. The summed E-state index contributed by atoms with van der Waals surface area (Å²) >= 11 is 1.55. The molecule has 0 aliphatic carbocycles. The lowest BCUT2D eigenvalue weighted by atomic mass is 9.86. The topological polar surface area (TPSA) is 26.3 Å². The van der Waals surface area contributed by atoms with Crippen molar-refractivity contribution in [3.05, 3.63) is 59.7 Å². The summed E-state index contributed by atoms with van der Waals surface area (Å²) in [7, 11) is 0. The molecule has 0 aromatic heterocycles. The first-order valence-corrected chi connectivity index (χ1v) is 8.78. The third-order valence-electron chi connectivity index (χ3n) is 3.44. The number of hydrogen-bond acceptors (Lipinski definition) is 3. The van der Waals surface area contributed by atoms with Crippen molar-refractivity contribution in [2.75, 3.05) is 5.75 Å². The Hall–Kier alpha value is -1.74. The van der Waals surface area contributed by atoms with Crippen LogP contribution in [0.4, 0.5) is 0 Å². The van der Waals surface area contributed by atoms with Crippen LogP contribution in [0.15, 0.2) is 53.4 Å². The van der Waals surface area contributed by atoms with Gasteiger partial charge in [0.15, 0.2) is 0 Å². The van der Waals surface area contributed by atoms with Gasteiger partial charge < -0.3 is 4.74 Å². The molecule has 0 bridgehead atoms. The van der Waals surface area contributed by atoms with Crippen molar-refractivity contribution in [1.29, 1.82) is 0 Å². The maximum atomic E-state index is 11.2. The van der Waals surface area contributed by atoms with E-state index in [-0.39, 0.29) is 11.2 Å². The van der Waals surface area contributed by atoms with Crippen LogP contribution in [0, 0.1) is 0 Å². The minimum absolute atomic E-state index is 0.00972. The van der Waals surface area contributed by atoms with Gasteiger partial charge in [0.2, 0.25) is 0 Å². The Morgan fingerprint density at radius 2 is 1.78 bits per heavy atom. The summed E-state index contributed by atoms with van der Waals surface area (Å²) in [5, 5.41) is 0. The van der Waals surface area contributed by atoms with Crippen molar-refractivity contribution in [3.63, 3.8) is 0 Å². The van der Waals surface area contributed by atoms with Crippen molar-refractivity contribution in [3.8, 4) is 5.75 Å². The van der Waals surface area contributed by atoms with E-state index >= 15 is 0 Å². The zero-order chi connectivity index (χ0) is 16.9. The molecule has 0 saturated carbocycles. The molecule has 122 valence electrons. The third-order valence-corrected chi connectivity index (χ3v) is 4.58. The van der Waals surface area contributed by atoms with Crippen LogP contribution in [-0.4, -0.2) is 11.5 Å². The molecule has 0 heterocycles. The van der Waals surface area contributed by atoms with Gasteiger partial charge in [-0.1, -0.05) is 57.2 Å². The molecular formula is C20H24O2S. The maximum Gasteiger partial charge on any atom is 0.140 e. The summed E-state index contributed by atoms with van der Waals surface area (Å²) in [6.07, 6.45) is 0. The maximum absolute atomic E-state index is 11.2. The lowest BCUT2D eigenvalue weighted by Crippen LogP contribution is -2.13. The molecule has 0 aliphatic rings. The van der Waals surface area contributed by atoms with Gasteiger partial charge in [-0.25, -0.2) is 0 Å². The van der Waals surface area contributed by atoms with Crippen molar-refractivity contribution >= 4 is 17.5 Å². The Balaban J connectivity index is 2.21. The Bertz CT molecular complexity index is 657. The van der Waals surface area contributed by atoms with Crippen LogP contribution in [-0.2, 0) is 16.8 Å². The molecule has 3 heteroatoms. The van der Waals surface area contributed by atoms with Gasteiger partial charge in [-0.2, -0.15) is 0 Å². The molecule has 0 spiro atoms. The number of ketones is 1. The van der Waals surface area contributed by atoms with Crippen LogP contribution in [0.3, 0.4) is 0 Å². The van der Waals surface area contributed by atoms with Gasteiger partial charge in [0.05, 0.1) is 5.75 Å². The van der Waals surface area contributed by atoms with Crippen molar-refractivity contribution in [1.82, 2.24) is 0 Å². The fourth-order valence-corrected chi connectivity index (χ4v) is 2.98. The van der Waals surface area contributed by atoms with E-state index in [2.05, 4.69) is 51.1 Å². The summed E-state index contributed by atoms with van der Waals surface area (Å²) in [5.74, 6) is 1.57. The van der Waals surface area contributed by atoms with Crippen LogP contribution in [0.2, 0.25) is 0 Å². The van der Waals surface area contributed by atoms with Crippen molar-refractivity contribution in [2.24, 2.45) is 0 Å². The predicted octanol–water partition coefficient (Wildman–Crippen LogP) is 5.24. The van der Waals surface area contributed by atoms with Crippen molar-refractivity contribution in [2.45, 2.75) is 44.6 Å². The highest BCUT2D eigenvalue weighted by Gasteiger charge is 2.19. The molecule has 0 N–H and O–H groups in total. The fourth-order valence-electron chi connectivity index (χ4n) is 2.25. The summed E-state index contributed by atoms with van der Waals surface area (Å²) in [5.41, 5.74) is 2.34. The van der Waals surface area contributed by atoms with Gasteiger partial charge in [0.1, 0.15) is 18.1 Å². The molecule has 2 nitrogen and oxygen atoms in total. The van der Waals surface area contributed by atoms with Gasteiger partial charge in [-0.3, -0.25) is 4.79 Å². The second-order valence-electron chi connectivity index (χ2n) is 6.67. The van der Waals surface area contributed by atoms with E-state index in [0.717, 1.165) is 16.2 Å². The average molecular weight is 328 g/mol. The number of rotatable bonds is 6. The Morgan fingerprint density at radius 3 is 2.39 bits per heavy atom. The average Bonchev–Trinajstić information content (AvgIpc) is 2.51. The Morgan fingerprint density at radius 1 is 1.09 bits per heavy atom. The largest absolute Gasteiger partial charge is 0.489 e. The second kappa shape index (κ2) is 7.69. The lowest BCUT2D eigenvalue weighted by molar-refractivity contribution is -0.114. The normalized spacial score (nSPS) is 11.3. The molecule has 0 unspecified atom stereocenters. The molecule has 0 amide bonds. The number of Topliss-reactive ketones (excluding diaryl/α,β-unsaturated/α-hetero) is 1. The van der Waals surface area contributed by atoms with E-state index < -0.39 is 0 Å². The summed E-state index contributed by atoms with van der Waals surface area (Å²) in [4.78, 5) is 12.3. The number of thioether (sulfide) groups is 1. The molecule has 2 aromatic carbocycles. The van der Waals surface area contributed by atoms with Crippen LogP contribution >= 0.6 is 11.8 Å². The van der Waals surface area contributed by atoms with Crippen molar-refractivity contribution < 1.29 is 9.53 Å². The number of hydrogen-bond donors (Lipinski definition) is 0. The quantitative estimate of drug-likeness (QED) is 0.678. The molecule has 0 radical (unpaired) electrons. The lowest BCUT2D eigenvalue weighted by Gasteiger charge is -2.23. The second-order valence-corrected chi connectivity index (χ2v) is 7.72. The predicted molar refractivity (Wildman–Crippen MR) is 97.3 cm³/mol. The van der Waals surface area contributed by atoms with Gasteiger partial charge in [0, 0.05) is 4.90 Å². The molecule has 0 atom stereocenters.